The average Bonchev–Trinajstić information content (AvgIpc) is 2.69. The standard InChI is InChI=1S/C11H18O5S/c1-16-11(13)6-8-17(14,15)7-5-9-3-2-4-10(9)12/h9H,2-8H2,1H3. The summed E-state index contributed by atoms with van der Waals surface area (Å²) in [5.41, 5.74) is 0. The molecule has 1 atom stereocenters. The van der Waals surface area contributed by atoms with E-state index < -0.39 is 15.8 Å². The summed E-state index contributed by atoms with van der Waals surface area (Å²) < 4.78 is 27.6. The van der Waals surface area contributed by atoms with Gasteiger partial charge in [0.25, 0.3) is 0 Å². The van der Waals surface area contributed by atoms with Crippen molar-refractivity contribution in [2.75, 3.05) is 18.6 Å². The molecule has 98 valence electrons. The fraction of sp³-hybridized carbons (Fsp3) is 0.818. The van der Waals surface area contributed by atoms with E-state index in [9.17, 15) is 18.0 Å². The zero-order valence-corrected chi connectivity index (χ0v) is 10.8. The number of methoxy groups -OCH3 is 1. The maximum absolute atomic E-state index is 11.6. The van der Waals surface area contributed by atoms with Gasteiger partial charge in [-0.25, -0.2) is 8.42 Å². The lowest BCUT2D eigenvalue weighted by molar-refractivity contribution is -0.140. The van der Waals surface area contributed by atoms with Gasteiger partial charge in [0.1, 0.15) is 5.78 Å². The molecule has 0 heterocycles. The summed E-state index contributed by atoms with van der Waals surface area (Å²) in [6.07, 6.45) is 2.52. The Hall–Kier alpha value is -0.910. The fourth-order valence-electron chi connectivity index (χ4n) is 1.96. The van der Waals surface area contributed by atoms with Crippen LogP contribution in [0.15, 0.2) is 0 Å². The van der Waals surface area contributed by atoms with E-state index in [0.29, 0.717) is 12.8 Å². The molecule has 0 spiro atoms. The molecule has 0 aliphatic heterocycles. The number of ketones is 1. The van der Waals surface area contributed by atoms with E-state index in [0.717, 1.165) is 12.8 Å². The Morgan fingerprint density at radius 3 is 2.65 bits per heavy atom. The first-order valence-corrected chi connectivity index (χ1v) is 7.56. The second kappa shape index (κ2) is 6.14. The van der Waals surface area contributed by atoms with Gasteiger partial charge in [-0.05, 0) is 19.3 Å². The third kappa shape index (κ3) is 4.85. The van der Waals surface area contributed by atoms with Gasteiger partial charge in [0, 0.05) is 12.3 Å². The monoisotopic (exact) mass is 262 g/mol. The molecule has 0 aromatic carbocycles. The van der Waals surface area contributed by atoms with Crippen molar-refractivity contribution in [3.63, 3.8) is 0 Å². The largest absolute Gasteiger partial charge is 0.469 e. The highest BCUT2D eigenvalue weighted by atomic mass is 32.2. The van der Waals surface area contributed by atoms with E-state index >= 15 is 0 Å². The lowest BCUT2D eigenvalue weighted by atomic mass is 10.1. The van der Waals surface area contributed by atoms with Crippen LogP contribution in [0.25, 0.3) is 0 Å². The van der Waals surface area contributed by atoms with Crippen molar-refractivity contribution in [1.82, 2.24) is 0 Å². The Bertz CT molecular complexity index is 385. The lowest BCUT2D eigenvalue weighted by Crippen LogP contribution is -2.18. The van der Waals surface area contributed by atoms with Gasteiger partial charge < -0.3 is 4.74 Å². The highest BCUT2D eigenvalue weighted by molar-refractivity contribution is 7.91. The zero-order chi connectivity index (χ0) is 12.9. The third-order valence-corrected chi connectivity index (χ3v) is 4.74. The number of sulfone groups is 1. The van der Waals surface area contributed by atoms with Gasteiger partial charge in [0.2, 0.25) is 0 Å². The van der Waals surface area contributed by atoms with E-state index in [1.165, 1.54) is 7.11 Å². The van der Waals surface area contributed by atoms with Crippen molar-refractivity contribution in [1.29, 1.82) is 0 Å². The Kier molecular flexibility index (Phi) is 5.11. The number of hydrogen-bond donors (Lipinski definition) is 0. The van der Waals surface area contributed by atoms with Crippen molar-refractivity contribution < 1.29 is 22.7 Å². The predicted molar refractivity (Wildman–Crippen MR) is 62.3 cm³/mol. The molecule has 6 heteroatoms. The molecule has 1 aliphatic rings. The smallest absolute Gasteiger partial charge is 0.306 e. The first-order chi connectivity index (χ1) is 7.94. The molecule has 1 saturated carbocycles. The van der Waals surface area contributed by atoms with Crippen LogP contribution in [0.4, 0.5) is 0 Å². The summed E-state index contributed by atoms with van der Waals surface area (Å²) in [6, 6.07) is 0. The molecule has 0 saturated heterocycles. The van der Waals surface area contributed by atoms with Crippen LogP contribution in [-0.4, -0.2) is 38.8 Å². The Morgan fingerprint density at radius 1 is 1.41 bits per heavy atom. The summed E-state index contributed by atoms with van der Waals surface area (Å²) in [7, 11) is -2.02. The van der Waals surface area contributed by atoms with E-state index in [2.05, 4.69) is 4.74 Å². The van der Waals surface area contributed by atoms with Crippen LogP contribution in [0.3, 0.4) is 0 Å². The highest BCUT2D eigenvalue weighted by Crippen LogP contribution is 2.24. The van der Waals surface area contributed by atoms with E-state index in [1.807, 2.05) is 0 Å². The van der Waals surface area contributed by atoms with Gasteiger partial charge in [-0.1, -0.05) is 0 Å². The molecule has 0 N–H and O–H groups in total. The number of carbonyl (C=O) groups excluding carboxylic acids is 2. The summed E-state index contributed by atoms with van der Waals surface area (Å²) in [5, 5.41) is 0. The first-order valence-electron chi connectivity index (χ1n) is 5.74. The zero-order valence-electron chi connectivity index (χ0n) is 9.98. The SMILES string of the molecule is COC(=O)CCS(=O)(=O)CCC1CCCC1=O. The highest BCUT2D eigenvalue weighted by Gasteiger charge is 2.26. The molecular formula is C11H18O5S. The molecular weight excluding hydrogens is 244 g/mol. The minimum absolute atomic E-state index is 0.0135. The minimum Gasteiger partial charge on any atom is -0.469 e. The molecule has 5 nitrogen and oxygen atoms in total. The molecule has 1 aliphatic carbocycles. The van der Waals surface area contributed by atoms with E-state index in [1.54, 1.807) is 0 Å². The van der Waals surface area contributed by atoms with Crippen LogP contribution in [0.5, 0.6) is 0 Å². The van der Waals surface area contributed by atoms with E-state index in [4.69, 9.17) is 0 Å². The van der Waals surface area contributed by atoms with Gasteiger partial charge in [-0.15, -0.1) is 0 Å². The van der Waals surface area contributed by atoms with Crippen molar-refractivity contribution in [2.45, 2.75) is 32.1 Å². The van der Waals surface area contributed by atoms with Crippen molar-refractivity contribution in [3.8, 4) is 0 Å². The average molecular weight is 262 g/mol. The van der Waals surface area contributed by atoms with Crippen LogP contribution in [0.1, 0.15) is 32.1 Å². The minimum atomic E-state index is -3.25. The number of ether oxygens (including phenoxy) is 1. The molecule has 1 unspecified atom stereocenters. The number of Topliss-reactive ketones (excluding diaryl/α,β-unsaturated/α-hetero) is 1. The number of carbonyl (C=O) groups is 2. The Morgan fingerprint density at radius 2 is 2.12 bits per heavy atom. The maximum atomic E-state index is 11.6. The van der Waals surface area contributed by atoms with Crippen LogP contribution in [-0.2, 0) is 24.2 Å². The van der Waals surface area contributed by atoms with E-state index in [-0.39, 0.29) is 29.6 Å². The summed E-state index contributed by atoms with van der Waals surface area (Å²) in [6.45, 7) is 0. The van der Waals surface area contributed by atoms with Crippen molar-refractivity contribution >= 4 is 21.6 Å². The van der Waals surface area contributed by atoms with Gasteiger partial charge in [-0.3, -0.25) is 9.59 Å². The predicted octanol–water partition coefficient (Wildman–Crippen LogP) is 0.724. The molecule has 0 radical (unpaired) electrons. The van der Waals surface area contributed by atoms with Crippen molar-refractivity contribution in [3.05, 3.63) is 0 Å². The number of hydrogen-bond acceptors (Lipinski definition) is 5. The second-order valence-corrected chi connectivity index (χ2v) is 6.63. The summed E-state index contributed by atoms with van der Waals surface area (Å²) in [4.78, 5) is 22.2. The second-order valence-electron chi connectivity index (χ2n) is 4.32. The van der Waals surface area contributed by atoms with Crippen LogP contribution in [0, 0.1) is 5.92 Å². The summed E-state index contributed by atoms with van der Waals surface area (Å²) in [5.74, 6) is -0.650. The third-order valence-electron chi connectivity index (χ3n) is 3.05. The van der Waals surface area contributed by atoms with Crippen LogP contribution in [0.2, 0.25) is 0 Å². The Balaban J connectivity index is 2.34. The quantitative estimate of drug-likeness (QED) is 0.659. The molecule has 1 rings (SSSR count). The lowest BCUT2D eigenvalue weighted by Gasteiger charge is -2.08. The van der Waals surface area contributed by atoms with Crippen molar-refractivity contribution in [2.24, 2.45) is 5.92 Å². The van der Waals surface area contributed by atoms with Crippen LogP contribution >= 0.6 is 0 Å². The van der Waals surface area contributed by atoms with Gasteiger partial charge in [0.15, 0.2) is 9.84 Å². The topological polar surface area (TPSA) is 77.5 Å². The Labute approximate surface area is 101 Å². The molecule has 0 bridgehead atoms. The molecule has 1 fully saturated rings. The molecule has 0 aromatic rings. The molecule has 0 aromatic heterocycles. The molecule has 0 amide bonds. The maximum Gasteiger partial charge on any atom is 0.306 e. The van der Waals surface area contributed by atoms with Gasteiger partial charge >= 0.3 is 5.97 Å². The van der Waals surface area contributed by atoms with Crippen LogP contribution < -0.4 is 0 Å². The molecule has 17 heavy (non-hydrogen) atoms. The number of rotatable bonds is 6. The fourth-order valence-corrected chi connectivity index (χ4v) is 3.28. The van der Waals surface area contributed by atoms with Gasteiger partial charge in [0.05, 0.1) is 25.0 Å². The normalized spacial score (nSPS) is 20.5. The first kappa shape index (κ1) is 14.2. The summed E-state index contributed by atoms with van der Waals surface area (Å²) >= 11 is 0. The number of esters is 1. The van der Waals surface area contributed by atoms with Gasteiger partial charge in [-0.2, -0.15) is 0 Å².